The van der Waals surface area contributed by atoms with Gasteiger partial charge in [-0.05, 0) is 0 Å². The number of phenols is 1. The zero-order valence-corrected chi connectivity index (χ0v) is 7.14. The molecule has 0 fully saturated rings. The lowest BCUT2D eigenvalue weighted by atomic mass is 10.1. The first-order valence-corrected chi connectivity index (χ1v) is 3.99. The fourth-order valence-electron chi connectivity index (χ4n) is 1.40. The Bertz CT molecular complexity index is 405. The Morgan fingerprint density at radius 3 is 3.00 bits per heavy atom. The van der Waals surface area contributed by atoms with Gasteiger partial charge in [-0.3, -0.25) is 10.1 Å². The number of nitrogens with zero attached hydrogens (tertiary/aromatic N) is 1. The zero-order valence-electron chi connectivity index (χ0n) is 7.14. The molecular weight excluding hydrogens is 188 g/mol. The van der Waals surface area contributed by atoms with Gasteiger partial charge >= 0.3 is 5.69 Å². The van der Waals surface area contributed by atoms with E-state index in [0.29, 0.717) is 11.3 Å². The molecule has 0 saturated heterocycles. The maximum absolute atomic E-state index is 10.5. The molecule has 14 heavy (non-hydrogen) atoms. The fraction of sp³-hybridized carbons (Fsp3) is 0.250. The van der Waals surface area contributed by atoms with Crippen LogP contribution in [0.3, 0.4) is 0 Å². The van der Waals surface area contributed by atoms with Gasteiger partial charge in [-0.1, -0.05) is 0 Å². The van der Waals surface area contributed by atoms with Gasteiger partial charge in [0.15, 0.2) is 5.75 Å². The van der Waals surface area contributed by atoms with Crippen LogP contribution in [0.1, 0.15) is 11.6 Å². The minimum absolute atomic E-state index is 0.288. The summed E-state index contributed by atoms with van der Waals surface area (Å²) in [5.74, 6) is 0.0171. The average molecular weight is 196 g/mol. The lowest BCUT2D eigenvalue weighted by molar-refractivity contribution is -0.385. The maximum Gasteiger partial charge on any atom is 0.311 e. The molecule has 6 nitrogen and oxygen atoms in total. The van der Waals surface area contributed by atoms with Gasteiger partial charge in [0.05, 0.1) is 11.0 Å². The molecule has 6 heteroatoms. The molecule has 1 aliphatic rings. The number of benzene rings is 1. The van der Waals surface area contributed by atoms with E-state index in [1.807, 2.05) is 0 Å². The minimum atomic E-state index is -0.652. The van der Waals surface area contributed by atoms with Gasteiger partial charge in [0.25, 0.3) is 0 Å². The number of fused-ring (bicyclic) bond motifs is 1. The normalized spacial score (nSPS) is 18.8. The van der Waals surface area contributed by atoms with Crippen molar-refractivity contribution in [3.8, 4) is 11.5 Å². The summed E-state index contributed by atoms with van der Waals surface area (Å²) in [7, 11) is 0. The fourth-order valence-corrected chi connectivity index (χ4v) is 1.40. The lowest BCUT2D eigenvalue weighted by Crippen LogP contribution is -2.10. The number of aromatic hydroxyl groups is 1. The van der Waals surface area contributed by atoms with E-state index in [1.165, 1.54) is 12.1 Å². The van der Waals surface area contributed by atoms with Crippen molar-refractivity contribution in [1.82, 2.24) is 0 Å². The average Bonchev–Trinajstić information content (AvgIpc) is 2.46. The van der Waals surface area contributed by atoms with E-state index in [4.69, 9.17) is 10.5 Å². The Balaban J connectivity index is 2.57. The number of nitro benzene ring substituents is 1. The standard InChI is InChI=1S/C8H8N2O4/c9-5-3-14-8-2-7(11)6(10(12)13)1-4(5)8/h1-2,5,11H,3,9H2/t5-/m1/s1. The predicted octanol–water partition coefficient (Wildman–Crippen LogP) is 0.693. The van der Waals surface area contributed by atoms with Crippen molar-refractivity contribution in [1.29, 1.82) is 0 Å². The lowest BCUT2D eigenvalue weighted by Gasteiger charge is -2.01. The number of rotatable bonds is 1. The molecule has 1 heterocycles. The molecule has 0 spiro atoms. The molecule has 1 atom stereocenters. The predicted molar refractivity (Wildman–Crippen MR) is 47.2 cm³/mol. The Labute approximate surface area is 79.1 Å². The van der Waals surface area contributed by atoms with Crippen LogP contribution in [0.4, 0.5) is 5.69 Å². The summed E-state index contributed by atoms with van der Waals surface area (Å²) in [6.07, 6.45) is 0. The van der Waals surface area contributed by atoms with Crippen LogP contribution < -0.4 is 10.5 Å². The Hall–Kier alpha value is -1.82. The highest BCUT2D eigenvalue weighted by Crippen LogP contribution is 2.39. The van der Waals surface area contributed by atoms with Crippen LogP contribution in [-0.4, -0.2) is 16.6 Å². The van der Waals surface area contributed by atoms with Crippen molar-refractivity contribution in [3.05, 3.63) is 27.8 Å². The monoisotopic (exact) mass is 196 g/mol. The summed E-state index contributed by atoms with van der Waals surface area (Å²) >= 11 is 0. The highest BCUT2D eigenvalue weighted by Gasteiger charge is 2.26. The highest BCUT2D eigenvalue weighted by molar-refractivity contribution is 5.56. The smallest absolute Gasteiger partial charge is 0.311 e. The molecule has 0 aromatic heterocycles. The molecule has 0 amide bonds. The van der Waals surface area contributed by atoms with Crippen molar-refractivity contribution in [2.45, 2.75) is 6.04 Å². The largest absolute Gasteiger partial charge is 0.502 e. The number of hydrogen-bond acceptors (Lipinski definition) is 5. The van der Waals surface area contributed by atoms with Crippen molar-refractivity contribution in [2.24, 2.45) is 5.73 Å². The van der Waals surface area contributed by atoms with E-state index < -0.39 is 10.7 Å². The summed E-state index contributed by atoms with van der Waals surface area (Å²) in [6, 6.07) is 2.12. The summed E-state index contributed by atoms with van der Waals surface area (Å²) in [6.45, 7) is 0.288. The quantitative estimate of drug-likeness (QED) is 0.508. The van der Waals surface area contributed by atoms with Gasteiger partial charge in [-0.15, -0.1) is 0 Å². The van der Waals surface area contributed by atoms with E-state index in [0.717, 1.165) is 0 Å². The van der Waals surface area contributed by atoms with Gasteiger partial charge in [0.1, 0.15) is 12.4 Å². The maximum atomic E-state index is 10.5. The van der Waals surface area contributed by atoms with E-state index in [1.54, 1.807) is 0 Å². The Morgan fingerprint density at radius 1 is 1.64 bits per heavy atom. The van der Waals surface area contributed by atoms with Crippen molar-refractivity contribution >= 4 is 5.69 Å². The summed E-state index contributed by atoms with van der Waals surface area (Å²) in [5, 5.41) is 19.8. The molecular formula is C8H8N2O4. The summed E-state index contributed by atoms with van der Waals surface area (Å²) < 4.78 is 5.12. The van der Waals surface area contributed by atoms with E-state index >= 15 is 0 Å². The molecule has 2 rings (SSSR count). The second kappa shape index (κ2) is 2.85. The number of nitrogens with two attached hydrogens (primary N) is 1. The third-order valence-electron chi connectivity index (χ3n) is 2.12. The first kappa shape index (κ1) is 8.76. The number of nitro groups is 1. The molecule has 0 saturated carbocycles. The van der Waals surface area contributed by atoms with E-state index in [2.05, 4.69) is 0 Å². The molecule has 0 aliphatic carbocycles. The van der Waals surface area contributed by atoms with Crippen LogP contribution in [0.5, 0.6) is 11.5 Å². The topological polar surface area (TPSA) is 98.6 Å². The highest BCUT2D eigenvalue weighted by atomic mass is 16.6. The van der Waals surface area contributed by atoms with Crippen molar-refractivity contribution in [2.75, 3.05) is 6.61 Å². The van der Waals surface area contributed by atoms with E-state index in [9.17, 15) is 15.2 Å². The molecule has 0 unspecified atom stereocenters. The zero-order chi connectivity index (χ0) is 10.3. The van der Waals surface area contributed by atoms with Crippen LogP contribution >= 0.6 is 0 Å². The second-order valence-electron chi connectivity index (χ2n) is 3.05. The summed E-state index contributed by atoms with van der Waals surface area (Å²) in [4.78, 5) is 9.84. The first-order chi connectivity index (χ1) is 6.59. The Kier molecular flexibility index (Phi) is 1.78. The third kappa shape index (κ3) is 1.16. The second-order valence-corrected chi connectivity index (χ2v) is 3.05. The molecule has 1 aromatic rings. The molecule has 1 aromatic carbocycles. The first-order valence-electron chi connectivity index (χ1n) is 3.99. The van der Waals surface area contributed by atoms with Gasteiger partial charge in [0.2, 0.25) is 0 Å². The van der Waals surface area contributed by atoms with Gasteiger partial charge in [-0.25, -0.2) is 0 Å². The van der Waals surface area contributed by atoms with Crippen LogP contribution in [0.15, 0.2) is 12.1 Å². The number of phenolic OH excluding ortho intramolecular Hbond substituents is 1. The van der Waals surface area contributed by atoms with Crippen LogP contribution in [0.25, 0.3) is 0 Å². The van der Waals surface area contributed by atoms with Gasteiger partial charge < -0.3 is 15.6 Å². The van der Waals surface area contributed by atoms with Gasteiger partial charge in [-0.2, -0.15) is 0 Å². The third-order valence-corrected chi connectivity index (χ3v) is 2.12. The van der Waals surface area contributed by atoms with Crippen LogP contribution in [0.2, 0.25) is 0 Å². The van der Waals surface area contributed by atoms with Gasteiger partial charge in [0, 0.05) is 17.7 Å². The molecule has 0 radical (unpaired) electrons. The van der Waals surface area contributed by atoms with E-state index in [-0.39, 0.29) is 18.3 Å². The van der Waals surface area contributed by atoms with Crippen LogP contribution in [-0.2, 0) is 0 Å². The van der Waals surface area contributed by atoms with Crippen molar-refractivity contribution < 1.29 is 14.8 Å². The molecule has 1 aliphatic heterocycles. The van der Waals surface area contributed by atoms with Crippen LogP contribution in [0, 0.1) is 10.1 Å². The summed E-state index contributed by atoms with van der Waals surface area (Å²) in [5.41, 5.74) is 5.86. The number of ether oxygens (including phenoxy) is 1. The molecule has 74 valence electrons. The number of hydrogen-bond donors (Lipinski definition) is 2. The SMILES string of the molecule is N[C@@H]1COc2cc(O)c([N+](=O)[O-])cc21. The molecule has 0 bridgehead atoms. The van der Waals surface area contributed by atoms with Crippen molar-refractivity contribution in [3.63, 3.8) is 0 Å². The Morgan fingerprint density at radius 2 is 2.36 bits per heavy atom. The molecule has 3 N–H and O–H groups in total. The minimum Gasteiger partial charge on any atom is -0.502 e.